The monoisotopic (exact) mass is 485 g/mol. The van der Waals surface area contributed by atoms with Gasteiger partial charge in [0.2, 0.25) is 5.76 Å². The lowest BCUT2D eigenvalue weighted by molar-refractivity contribution is -0.134. The van der Waals surface area contributed by atoms with Gasteiger partial charge < -0.3 is 24.1 Å². The van der Waals surface area contributed by atoms with Crippen LogP contribution in [0.25, 0.3) is 17.0 Å². The Morgan fingerprint density at radius 2 is 1.69 bits per heavy atom. The first-order valence-corrected chi connectivity index (χ1v) is 11.5. The average molecular weight is 486 g/mol. The second-order valence-electron chi connectivity index (χ2n) is 8.25. The summed E-state index contributed by atoms with van der Waals surface area (Å²) in [5.41, 5.74) is 2.27. The van der Waals surface area contributed by atoms with Crippen LogP contribution in [0.4, 0.5) is 0 Å². The maximum absolute atomic E-state index is 11.6. The average Bonchev–Trinajstić information content (AvgIpc) is 2.88. The van der Waals surface area contributed by atoms with E-state index in [2.05, 4.69) is 4.98 Å². The molecule has 1 heterocycles. The molecule has 0 saturated heterocycles. The third-order valence-corrected chi connectivity index (χ3v) is 5.21. The Balaban J connectivity index is 1.52. The van der Waals surface area contributed by atoms with Crippen molar-refractivity contribution in [3.05, 3.63) is 95.9 Å². The molecule has 7 heteroatoms. The Bertz CT molecular complexity index is 1360. The van der Waals surface area contributed by atoms with Crippen LogP contribution in [-0.4, -0.2) is 29.3 Å². The summed E-state index contributed by atoms with van der Waals surface area (Å²) in [6.45, 7) is 4.18. The summed E-state index contributed by atoms with van der Waals surface area (Å²) in [7, 11) is 1.62. The van der Waals surface area contributed by atoms with Gasteiger partial charge in [-0.3, -0.25) is 4.98 Å². The van der Waals surface area contributed by atoms with E-state index >= 15 is 0 Å². The fraction of sp³-hybridized carbons (Fsp3) is 0.172. The number of fused-ring (bicyclic) bond motifs is 1. The molecule has 0 atom stereocenters. The molecule has 1 N–H and O–H groups in total. The fourth-order valence-electron chi connectivity index (χ4n) is 3.52. The highest BCUT2D eigenvalue weighted by Gasteiger charge is 2.14. The zero-order chi connectivity index (χ0) is 25.5. The maximum atomic E-state index is 11.6. The molecule has 4 rings (SSSR count). The summed E-state index contributed by atoms with van der Waals surface area (Å²) in [6.07, 6.45) is 3.19. The number of aromatic nitrogens is 1. The number of hydrogen-bond donors (Lipinski definition) is 1. The van der Waals surface area contributed by atoms with E-state index in [0.29, 0.717) is 22.8 Å². The van der Waals surface area contributed by atoms with Gasteiger partial charge in [-0.25, -0.2) is 4.79 Å². The summed E-state index contributed by atoms with van der Waals surface area (Å²) < 4.78 is 23.0. The number of methoxy groups -OCH3 is 1. The minimum absolute atomic E-state index is 0.0341. The highest BCUT2D eigenvalue weighted by Crippen LogP contribution is 2.33. The molecule has 0 aliphatic carbocycles. The third-order valence-electron chi connectivity index (χ3n) is 5.21. The van der Waals surface area contributed by atoms with E-state index in [0.717, 1.165) is 22.2 Å². The quantitative estimate of drug-likeness (QED) is 0.214. The van der Waals surface area contributed by atoms with Crippen molar-refractivity contribution >= 4 is 22.9 Å². The first-order chi connectivity index (χ1) is 17.4. The van der Waals surface area contributed by atoms with E-state index in [1.54, 1.807) is 61.8 Å². The van der Waals surface area contributed by atoms with Gasteiger partial charge in [0.25, 0.3) is 0 Å². The normalized spacial score (nSPS) is 11.4. The third kappa shape index (κ3) is 6.13. The molecule has 0 aliphatic rings. The predicted octanol–water partition coefficient (Wildman–Crippen LogP) is 6.11. The molecular formula is C29H27NO6. The van der Waals surface area contributed by atoms with Gasteiger partial charge in [0.05, 0.1) is 24.3 Å². The number of rotatable bonds is 10. The second-order valence-corrected chi connectivity index (χ2v) is 8.25. The lowest BCUT2D eigenvalue weighted by atomic mass is 10.1. The second kappa shape index (κ2) is 11.3. The van der Waals surface area contributed by atoms with Crippen LogP contribution in [0.1, 0.15) is 25.0 Å². The number of pyridine rings is 1. The standard InChI is InChI=1S/C29H27NO6/c1-19(2)35-28-21(17-30-26-14-13-24(33-3)16-25(26)28)18-34-22-11-9-20(10-12-22)15-27(29(31)32)36-23-7-5-4-6-8-23/h4-17,19H,18H2,1-3H3,(H,31,32)/b27-15+. The Morgan fingerprint density at radius 1 is 0.972 bits per heavy atom. The van der Waals surface area contributed by atoms with Crippen LogP contribution < -0.4 is 18.9 Å². The van der Waals surface area contributed by atoms with Gasteiger partial charge in [0.15, 0.2) is 0 Å². The Hall–Kier alpha value is -4.52. The summed E-state index contributed by atoms with van der Waals surface area (Å²) in [5.74, 6) is 1.16. The van der Waals surface area contributed by atoms with Crippen LogP contribution in [0.15, 0.2) is 84.8 Å². The van der Waals surface area contributed by atoms with Crippen LogP contribution in [0.5, 0.6) is 23.0 Å². The lowest BCUT2D eigenvalue weighted by Gasteiger charge is -2.17. The zero-order valence-electron chi connectivity index (χ0n) is 20.3. The fourth-order valence-corrected chi connectivity index (χ4v) is 3.52. The molecule has 7 nitrogen and oxygen atoms in total. The van der Waals surface area contributed by atoms with Crippen molar-refractivity contribution in [3.8, 4) is 23.0 Å². The van der Waals surface area contributed by atoms with Gasteiger partial charge in [0.1, 0.15) is 29.6 Å². The molecule has 4 aromatic rings. The minimum Gasteiger partial charge on any atom is -0.497 e. The molecule has 36 heavy (non-hydrogen) atoms. The molecular weight excluding hydrogens is 458 g/mol. The van der Waals surface area contributed by atoms with Crippen molar-refractivity contribution in [2.45, 2.75) is 26.6 Å². The highest BCUT2D eigenvalue weighted by atomic mass is 16.5. The minimum atomic E-state index is -1.16. The number of benzene rings is 3. The molecule has 0 spiro atoms. The van der Waals surface area contributed by atoms with Crippen molar-refractivity contribution < 1.29 is 28.8 Å². The van der Waals surface area contributed by atoms with Crippen molar-refractivity contribution in [3.63, 3.8) is 0 Å². The number of carbonyl (C=O) groups is 1. The van der Waals surface area contributed by atoms with Crippen molar-refractivity contribution in [1.29, 1.82) is 0 Å². The first kappa shape index (κ1) is 24.6. The van der Waals surface area contributed by atoms with E-state index in [1.165, 1.54) is 6.08 Å². The number of nitrogens with zero attached hydrogens (tertiary/aromatic N) is 1. The van der Waals surface area contributed by atoms with E-state index in [1.807, 2.05) is 38.1 Å². The van der Waals surface area contributed by atoms with Crippen LogP contribution in [0.3, 0.4) is 0 Å². The van der Waals surface area contributed by atoms with Crippen molar-refractivity contribution in [1.82, 2.24) is 4.98 Å². The Kier molecular flexibility index (Phi) is 7.70. The largest absolute Gasteiger partial charge is 0.497 e. The van der Waals surface area contributed by atoms with Crippen LogP contribution in [0, 0.1) is 0 Å². The number of hydrogen-bond acceptors (Lipinski definition) is 6. The summed E-state index contributed by atoms with van der Waals surface area (Å²) in [6, 6.07) is 21.5. The number of carboxylic acids is 1. The predicted molar refractivity (Wildman–Crippen MR) is 138 cm³/mol. The maximum Gasteiger partial charge on any atom is 0.371 e. The van der Waals surface area contributed by atoms with Gasteiger partial charge in [-0.05, 0) is 68.0 Å². The van der Waals surface area contributed by atoms with E-state index < -0.39 is 5.97 Å². The molecule has 0 aliphatic heterocycles. The summed E-state index contributed by atoms with van der Waals surface area (Å²) in [5, 5.41) is 10.4. The molecule has 184 valence electrons. The molecule has 0 saturated carbocycles. The number of ether oxygens (including phenoxy) is 4. The first-order valence-electron chi connectivity index (χ1n) is 11.5. The summed E-state index contributed by atoms with van der Waals surface area (Å²) in [4.78, 5) is 16.2. The van der Waals surface area contributed by atoms with Gasteiger partial charge in [-0.2, -0.15) is 0 Å². The highest BCUT2D eigenvalue weighted by molar-refractivity contribution is 5.90. The Labute approximate surface area is 209 Å². The lowest BCUT2D eigenvalue weighted by Crippen LogP contribution is -2.10. The van der Waals surface area contributed by atoms with Gasteiger partial charge in [-0.1, -0.05) is 30.3 Å². The smallest absolute Gasteiger partial charge is 0.371 e. The number of para-hydroxylation sites is 1. The summed E-state index contributed by atoms with van der Waals surface area (Å²) >= 11 is 0. The van der Waals surface area contributed by atoms with Crippen LogP contribution in [0.2, 0.25) is 0 Å². The van der Waals surface area contributed by atoms with Gasteiger partial charge in [-0.15, -0.1) is 0 Å². The molecule has 0 bridgehead atoms. The molecule has 0 unspecified atom stereocenters. The van der Waals surface area contributed by atoms with Crippen LogP contribution in [-0.2, 0) is 11.4 Å². The van der Waals surface area contributed by atoms with Gasteiger partial charge in [0, 0.05) is 11.6 Å². The van der Waals surface area contributed by atoms with Crippen molar-refractivity contribution in [2.24, 2.45) is 0 Å². The number of aliphatic carboxylic acids is 1. The SMILES string of the molecule is COc1ccc2ncc(COc3ccc(/C=C(/Oc4ccccc4)C(=O)O)cc3)c(OC(C)C)c2c1. The molecule has 3 aromatic carbocycles. The van der Waals surface area contributed by atoms with E-state index in [-0.39, 0.29) is 18.5 Å². The molecule has 1 aromatic heterocycles. The zero-order valence-corrected chi connectivity index (χ0v) is 20.3. The molecule has 0 amide bonds. The molecule has 0 radical (unpaired) electrons. The van der Waals surface area contributed by atoms with Crippen molar-refractivity contribution in [2.75, 3.05) is 7.11 Å². The van der Waals surface area contributed by atoms with Gasteiger partial charge >= 0.3 is 5.97 Å². The molecule has 0 fully saturated rings. The van der Waals surface area contributed by atoms with Crippen LogP contribution >= 0.6 is 0 Å². The Morgan fingerprint density at radius 3 is 2.36 bits per heavy atom. The van der Waals surface area contributed by atoms with E-state index in [9.17, 15) is 9.90 Å². The van der Waals surface area contributed by atoms with E-state index in [4.69, 9.17) is 18.9 Å². The number of carboxylic acid groups (broad SMARTS) is 1. The topological polar surface area (TPSA) is 87.1 Å².